The Balaban J connectivity index is 1.48. The van der Waals surface area contributed by atoms with Crippen molar-refractivity contribution in [2.75, 3.05) is 29.4 Å². The van der Waals surface area contributed by atoms with Gasteiger partial charge in [0, 0.05) is 37.5 Å². The fraction of sp³-hybridized carbons (Fsp3) is 0.407. The van der Waals surface area contributed by atoms with E-state index >= 15 is 0 Å². The molecule has 4 heterocycles. The molecule has 1 saturated heterocycles. The summed E-state index contributed by atoms with van der Waals surface area (Å²) in [6.07, 6.45) is 2.28. The highest BCUT2D eigenvalue weighted by molar-refractivity contribution is 7.91. The Labute approximate surface area is 251 Å². The molecule has 43 heavy (non-hydrogen) atoms. The molecule has 1 aromatic carbocycles. The molecule has 10 nitrogen and oxygen atoms in total. The van der Waals surface area contributed by atoms with E-state index in [4.69, 9.17) is 11.6 Å². The highest BCUT2D eigenvalue weighted by Crippen LogP contribution is 2.49. The Morgan fingerprint density at radius 3 is 2.28 bits per heavy atom. The summed E-state index contributed by atoms with van der Waals surface area (Å²) in [5.74, 6) is -2.14. The number of hydrogen-bond acceptors (Lipinski definition) is 8. The first-order valence-corrected chi connectivity index (χ1v) is 16.8. The summed E-state index contributed by atoms with van der Waals surface area (Å²) in [5, 5.41) is 3.83. The quantitative estimate of drug-likeness (QED) is 0.296. The van der Waals surface area contributed by atoms with Crippen LogP contribution >= 0.6 is 11.6 Å². The van der Waals surface area contributed by atoms with Crippen LogP contribution in [0.15, 0.2) is 35.4 Å². The highest BCUT2D eigenvalue weighted by Gasteiger charge is 2.53. The number of halogens is 4. The number of aryl methyl sites for hydroxylation is 1. The SMILES string of the molecule is Cc1cc(S(=O)(=O)n2nc(N3CCN(c4ncc(F)cc4F)CC34CC4)c3c(Cl)cc(F)cc32)c(C)n1S(=O)(=O)C(C)C. The van der Waals surface area contributed by atoms with Gasteiger partial charge in [0.05, 0.1) is 38.6 Å². The van der Waals surface area contributed by atoms with E-state index in [2.05, 4.69) is 10.1 Å². The lowest BCUT2D eigenvalue weighted by molar-refractivity contribution is 0.489. The summed E-state index contributed by atoms with van der Waals surface area (Å²) in [7, 11) is -8.45. The smallest absolute Gasteiger partial charge is 0.285 e. The zero-order valence-electron chi connectivity index (χ0n) is 23.6. The normalized spacial score (nSPS) is 17.0. The number of fused-ring (bicyclic) bond motifs is 1. The van der Waals surface area contributed by atoms with Crippen molar-refractivity contribution < 1.29 is 30.0 Å². The van der Waals surface area contributed by atoms with Crippen LogP contribution in [0.1, 0.15) is 38.1 Å². The van der Waals surface area contributed by atoms with Crippen LogP contribution in [0.2, 0.25) is 5.02 Å². The van der Waals surface area contributed by atoms with Gasteiger partial charge in [-0.3, -0.25) is 0 Å². The van der Waals surface area contributed by atoms with Gasteiger partial charge in [0.25, 0.3) is 10.0 Å². The third-order valence-electron chi connectivity index (χ3n) is 8.15. The zero-order valence-corrected chi connectivity index (χ0v) is 26.0. The topological polar surface area (TPSA) is 110 Å². The van der Waals surface area contributed by atoms with Crippen molar-refractivity contribution in [3.63, 3.8) is 0 Å². The number of piperazine rings is 1. The minimum Gasteiger partial charge on any atom is -0.350 e. The van der Waals surface area contributed by atoms with Crippen LogP contribution in [-0.2, 0) is 20.0 Å². The molecule has 16 heteroatoms. The zero-order chi connectivity index (χ0) is 31.2. The summed E-state index contributed by atoms with van der Waals surface area (Å²) >= 11 is 6.52. The van der Waals surface area contributed by atoms with Gasteiger partial charge in [-0.25, -0.2) is 30.5 Å². The lowest BCUT2D eigenvalue weighted by atomic mass is 10.1. The van der Waals surface area contributed by atoms with Crippen LogP contribution < -0.4 is 9.80 Å². The molecule has 0 unspecified atom stereocenters. The minimum absolute atomic E-state index is 0.0112. The summed E-state index contributed by atoms with van der Waals surface area (Å²) < 4.78 is 98.8. The Morgan fingerprint density at radius 1 is 0.953 bits per heavy atom. The van der Waals surface area contributed by atoms with Crippen LogP contribution in [0.3, 0.4) is 0 Å². The molecule has 2 fully saturated rings. The fourth-order valence-electron chi connectivity index (χ4n) is 5.87. The molecule has 6 rings (SSSR count). The number of benzene rings is 1. The van der Waals surface area contributed by atoms with Crippen LogP contribution in [0.5, 0.6) is 0 Å². The number of aromatic nitrogens is 4. The first-order valence-electron chi connectivity index (χ1n) is 13.5. The van der Waals surface area contributed by atoms with E-state index in [0.29, 0.717) is 23.5 Å². The molecule has 1 aliphatic carbocycles. The van der Waals surface area contributed by atoms with Gasteiger partial charge in [-0.05, 0) is 52.7 Å². The molecular weight excluding hydrogens is 629 g/mol. The van der Waals surface area contributed by atoms with Crippen LogP contribution in [0.25, 0.3) is 10.9 Å². The summed E-state index contributed by atoms with van der Waals surface area (Å²) in [6.45, 7) is 6.69. The number of pyridine rings is 1. The standard InChI is InChI=1S/C27H28ClF3N6O4S2/c1-15(2)42(38,39)36-16(3)9-23(17(36)4)43(40,41)37-22-12-18(29)10-20(28)24(22)26(33-37)35-8-7-34(14-27(35)5-6-27)25-21(31)11-19(30)13-32-25/h9-13,15H,5-8,14H2,1-4H3. The monoisotopic (exact) mass is 656 g/mol. The number of rotatable bonds is 6. The third-order valence-corrected chi connectivity index (χ3v) is 12.4. The second-order valence-corrected chi connectivity index (χ2v) is 15.8. The van der Waals surface area contributed by atoms with Gasteiger partial charge in [-0.15, -0.1) is 5.10 Å². The molecular formula is C27H28ClF3N6O4S2. The van der Waals surface area contributed by atoms with E-state index in [1.165, 1.54) is 33.8 Å². The van der Waals surface area contributed by atoms with Gasteiger partial charge in [-0.2, -0.15) is 12.5 Å². The van der Waals surface area contributed by atoms with Gasteiger partial charge in [0.15, 0.2) is 17.5 Å². The van der Waals surface area contributed by atoms with Crippen molar-refractivity contribution in [1.29, 1.82) is 0 Å². The first kappa shape index (κ1) is 29.8. The molecule has 4 aromatic rings. The number of nitrogens with zero attached hydrogens (tertiary/aromatic N) is 6. The van der Waals surface area contributed by atoms with E-state index < -0.39 is 48.3 Å². The lowest BCUT2D eigenvalue weighted by Crippen LogP contribution is -2.56. The minimum atomic E-state index is -4.55. The maximum absolute atomic E-state index is 14.7. The number of hydrogen-bond donors (Lipinski definition) is 0. The molecule has 2 aliphatic rings. The summed E-state index contributed by atoms with van der Waals surface area (Å²) in [5.41, 5.74) is -0.517. The second-order valence-electron chi connectivity index (χ2n) is 11.3. The average Bonchev–Trinajstić information content (AvgIpc) is 3.42. The van der Waals surface area contributed by atoms with Crippen LogP contribution in [0, 0.1) is 31.3 Å². The van der Waals surface area contributed by atoms with Crippen molar-refractivity contribution in [2.45, 2.75) is 56.2 Å². The van der Waals surface area contributed by atoms with E-state index in [0.717, 1.165) is 28.4 Å². The molecule has 0 amide bonds. The molecule has 1 saturated carbocycles. The Kier molecular flexibility index (Phi) is 6.82. The Morgan fingerprint density at radius 2 is 1.65 bits per heavy atom. The molecule has 3 aromatic heterocycles. The maximum Gasteiger partial charge on any atom is 0.285 e. The fourth-order valence-corrected chi connectivity index (χ4v) is 9.13. The van der Waals surface area contributed by atoms with Crippen LogP contribution in [-0.4, -0.2) is 65.4 Å². The van der Waals surface area contributed by atoms with Gasteiger partial charge < -0.3 is 9.80 Å². The average molecular weight is 657 g/mol. The van der Waals surface area contributed by atoms with Crippen molar-refractivity contribution in [3.05, 3.63) is 64.3 Å². The van der Waals surface area contributed by atoms with E-state index in [1.54, 1.807) is 4.90 Å². The van der Waals surface area contributed by atoms with Gasteiger partial charge in [0.1, 0.15) is 16.5 Å². The Hall–Kier alpha value is -3.30. The molecule has 0 N–H and O–H groups in total. The van der Waals surface area contributed by atoms with Gasteiger partial charge in [0.2, 0.25) is 10.0 Å². The second kappa shape index (κ2) is 9.86. The molecule has 0 bridgehead atoms. The van der Waals surface area contributed by atoms with Gasteiger partial charge >= 0.3 is 0 Å². The molecule has 1 aliphatic heterocycles. The van der Waals surface area contributed by atoms with Crippen molar-refractivity contribution >= 4 is 54.2 Å². The van der Waals surface area contributed by atoms with E-state index in [1.807, 2.05) is 4.90 Å². The maximum atomic E-state index is 14.7. The lowest BCUT2D eigenvalue weighted by Gasteiger charge is -2.43. The molecule has 230 valence electrons. The van der Waals surface area contributed by atoms with Gasteiger partial charge in [-0.1, -0.05) is 11.6 Å². The van der Waals surface area contributed by atoms with Crippen LogP contribution in [0.4, 0.5) is 24.8 Å². The van der Waals surface area contributed by atoms with Crippen molar-refractivity contribution in [1.82, 2.24) is 18.1 Å². The third kappa shape index (κ3) is 4.58. The summed E-state index contributed by atoms with van der Waals surface area (Å²) in [6, 6.07) is 4.11. The molecule has 1 spiro atoms. The predicted molar refractivity (Wildman–Crippen MR) is 156 cm³/mol. The predicted octanol–water partition coefficient (Wildman–Crippen LogP) is 4.60. The summed E-state index contributed by atoms with van der Waals surface area (Å²) in [4.78, 5) is 7.24. The van der Waals surface area contributed by atoms with Crippen molar-refractivity contribution in [3.8, 4) is 0 Å². The van der Waals surface area contributed by atoms with E-state index in [-0.39, 0.29) is 56.9 Å². The van der Waals surface area contributed by atoms with E-state index in [9.17, 15) is 30.0 Å². The number of anilines is 2. The highest BCUT2D eigenvalue weighted by atomic mass is 35.5. The largest absolute Gasteiger partial charge is 0.350 e. The Bertz CT molecular complexity index is 2020. The van der Waals surface area contributed by atoms with Crippen molar-refractivity contribution in [2.24, 2.45) is 0 Å². The first-order chi connectivity index (χ1) is 20.1. The molecule has 0 atom stereocenters. The molecule has 0 radical (unpaired) electrons.